The Morgan fingerprint density at radius 3 is 2.50 bits per heavy atom. The highest BCUT2D eigenvalue weighted by molar-refractivity contribution is 5.94. The van der Waals surface area contributed by atoms with Crippen LogP contribution in [0.1, 0.15) is 18.4 Å². The molecular weight excluding hydrogens is 461 g/mol. The second kappa shape index (κ2) is 10.7. The SMILES string of the molecule is O=C(Nc1ccc(OC2CCN(C(=O)Cc3cccc(F)c3)CC2)cc1)C1CN(c2cccnn2)C1. The molecule has 2 aliphatic heterocycles. The highest BCUT2D eigenvalue weighted by atomic mass is 19.1. The average Bonchev–Trinajstić information content (AvgIpc) is 2.85. The zero-order chi connectivity index (χ0) is 24.9. The molecule has 2 aliphatic rings. The molecular formula is C27H28FN5O3. The fourth-order valence-electron chi connectivity index (χ4n) is 4.50. The molecule has 8 nitrogen and oxygen atoms in total. The smallest absolute Gasteiger partial charge is 0.231 e. The quantitative estimate of drug-likeness (QED) is 0.548. The number of rotatable bonds is 7. The molecule has 2 fully saturated rings. The number of nitrogens with one attached hydrogen (secondary N) is 1. The highest BCUT2D eigenvalue weighted by Crippen LogP contribution is 2.25. The van der Waals surface area contributed by atoms with Crippen molar-refractivity contribution < 1.29 is 18.7 Å². The third-order valence-corrected chi connectivity index (χ3v) is 6.60. The van der Waals surface area contributed by atoms with E-state index in [-0.39, 0.29) is 36.1 Å². The molecule has 0 atom stereocenters. The number of anilines is 2. The number of hydrogen-bond donors (Lipinski definition) is 1. The number of ether oxygens (including phenoxy) is 1. The van der Waals surface area contributed by atoms with Crippen molar-refractivity contribution in [3.8, 4) is 5.75 Å². The van der Waals surface area contributed by atoms with Crippen LogP contribution in [0.4, 0.5) is 15.9 Å². The molecule has 36 heavy (non-hydrogen) atoms. The van der Waals surface area contributed by atoms with E-state index >= 15 is 0 Å². The van der Waals surface area contributed by atoms with E-state index in [1.165, 1.54) is 12.1 Å². The van der Waals surface area contributed by atoms with Crippen molar-refractivity contribution in [2.45, 2.75) is 25.4 Å². The van der Waals surface area contributed by atoms with Crippen LogP contribution >= 0.6 is 0 Å². The van der Waals surface area contributed by atoms with Gasteiger partial charge < -0.3 is 19.9 Å². The first-order valence-corrected chi connectivity index (χ1v) is 12.2. The molecule has 9 heteroatoms. The lowest BCUT2D eigenvalue weighted by Gasteiger charge is -2.38. The third kappa shape index (κ3) is 5.79. The average molecular weight is 490 g/mol. The normalized spacial score (nSPS) is 16.4. The predicted molar refractivity (Wildman–Crippen MR) is 133 cm³/mol. The Morgan fingerprint density at radius 1 is 1.03 bits per heavy atom. The summed E-state index contributed by atoms with van der Waals surface area (Å²) in [6.07, 6.45) is 3.32. The number of nitrogens with zero attached hydrogens (tertiary/aromatic N) is 4. The van der Waals surface area contributed by atoms with Crippen LogP contribution in [0.15, 0.2) is 66.9 Å². The second-order valence-electron chi connectivity index (χ2n) is 9.20. The van der Waals surface area contributed by atoms with Crippen molar-refractivity contribution in [3.05, 3.63) is 78.2 Å². The lowest BCUT2D eigenvalue weighted by Crippen LogP contribution is -2.52. The Balaban J connectivity index is 1.04. The van der Waals surface area contributed by atoms with Crippen molar-refractivity contribution in [3.63, 3.8) is 0 Å². The third-order valence-electron chi connectivity index (χ3n) is 6.60. The number of likely N-dealkylation sites (tertiary alicyclic amines) is 1. The molecule has 0 unspecified atom stereocenters. The number of hydrogen-bond acceptors (Lipinski definition) is 6. The Kier molecular flexibility index (Phi) is 7.06. The second-order valence-corrected chi connectivity index (χ2v) is 9.20. The fourth-order valence-corrected chi connectivity index (χ4v) is 4.50. The van der Waals surface area contributed by atoms with E-state index in [1.807, 2.05) is 46.2 Å². The van der Waals surface area contributed by atoms with Crippen LogP contribution in [-0.4, -0.2) is 59.2 Å². The summed E-state index contributed by atoms with van der Waals surface area (Å²) in [7, 11) is 0. The van der Waals surface area contributed by atoms with Crippen LogP contribution in [0.5, 0.6) is 5.75 Å². The maximum atomic E-state index is 13.4. The van der Waals surface area contributed by atoms with Crippen molar-refractivity contribution in [2.75, 3.05) is 36.4 Å². The number of amides is 2. The number of carbonyl (C=O) groups is 2. The highest BCUT2D eigenvalue weighted by Gasteiger charge is 2.33. The minimum absolute atomic E-state index is 0.00502. The first-order valence-electron chi connectivity index (χ1n) is 12.2. The van der Waals surface area contributed by atoms with E-state index in [1.54, 1.807) is 18.3 Å². The number of carbonyl (C=O) groups excluding carboxylic acids is 2. The summed E-state index contributed by atoms with van der Waals surface area (Å²) in [6.45, 7) is 2.46. The van der Waals surface area contributed by atoms with Crippen molar-refractivity contribution >= 4 is 23.3 Å². The minimum atomic E-state index is -0.328. The summed E-state index contributed by atoms with van der Waals surface area (Å²) in [5.74, 6) is 1.09. The van der Waals surface area contributed by atoms with Gasteiger partial charge in [-0.15, -0.1) is 5.10 Å². The Morgan fingerprint density at radius 2 is 1.81 bits per heavy atom. The van der Waals surface area contributed by atoms with E-state index in [0.29, 0.717) is 31.7 Å². The number of aromatic nitrogens is 2. The maximum Gasteiger partial charge on any atom is 0.231 e. The standard InChI is InChI=1S/C27H28FN5O3/c28-21-4-1-3-19(15-21)16-26(34)32-13-10-24(11-14-32)36-23-8-6-22(7-9-23)30-27(35)20-17-33(18-20)25-5-2-12-29-31-25/h1-9,12,15,20,24H,10-11,13-14,16-18H2,(H,30,35). The van der Waals surface area contributed by atoms with E-state index in [4.69, 9.17) is 4.74 Å². The molecule has 2 aromatic carbocycles. The molecule has 0 aliphatic carbocycles. The van der Waals surface area contributed by atoms with Crippen LogP contribution in [0.25, 0.3) is 0 Å². The first-order chi connectivity index (χ1) is 17.5. The molecule has 5 rings (SSSR count). The number of halogens is 1. The van der Waals surface area contributed by atoms with Gasteiger partial charge in [0, 0.05) is 50.9 Å². The monoisotopic (exact) mass is 489 g/mol. The Labute approximate surface area is 209 Å². The van der Waals surface area contributed by atoms with Gasteiger partial charge in [-0.3, -0.25) is 9.59 Å². The molecule has 1 N–H and O–H groups in total. The molecule has 0 radical (unpaired) electrons. The molecule has 1 aromatic heterocycles. The van der Waals surface area contributed by atoms with Crippen LogP contribution < -0.4 is 15.0 Å². The van der Waals surface area contributed by atoms with Crippen molar-refractivity contribution in [1.29, 1.82) is 0 Å². The van der Waals surface area contributed by atoms with Gasteiger partial charge in [-0.1, -0.05) is 12.1 Å². The van der Waals surface area contributed by atoms with Gasteiger partial charge in [0.15, 0.2) is 5.82 Å². The van der Waals surface area contributed by atoms with Crippen LogP contribution in [0, 0.1) is 11.7 Å². The molecule has 2 amide bonds. The largest absolute Gasteiger partial charge is 0.490 e. The van der Waals surface area contributed by atoms with Gasteiger partial charge in [-0.2, -0.15) is 5.10 Å². The summed E-state index contributed by atoms with van der Waals surface area (Å²) < 4.78 is 19.5. The molecule has 3 heterocycles. The zero-order valence-electron chi connectivity index (χ0n) is 19.8. The summed E-state index contributed by atoms with van der Waals surface area (Å²) in [5.41, 5.74) is 1.41. The van der Waals surface area contributed by atoms with Crippen LogP contribution in [0.2, 0.25) is 0 Å². The van der Waals surface area contributed by atoms with Gasteiger partial charge >= 0.3 is 0 Å². The van der Waals surface area contributed by atoms with Gasteiger partial charge in [-0.25, -0.2) is 4.39 Å². The summed E-state index contributed by atoms with van der Waals surface area (Å²) in [6, 6.07) is 17.3. The van der Waals surface area contributed by atoms with Crippen LogP contribution in [0.3, 0.4) is 0 Å². The molecule has 3 aromatic rings. The van der Waals surface area contributed by atoms with Gasteiger partial charge in [-0.05, 0) is 54.1 Å². The molecule has 0 spiro atoms. The first kappa shape index (κ1) is 23.7. The van der Waals surface area contributed by atoms with E-state index in [9.17, 15) is 14.0 Å². The summed E-state index contributed by atoms with van der Waals surface area (Å²) in [5, 5.41) is 10.9. The predicted octanol–water partition coefficient (Wildman–Crippen LogP) is 3.30. The summed E-state index contributed by atoms with van der Waals surface area (Å²) in [4.78, 5) is 28.9. The summed E-state index contributed by atoms with van der Waals surface area (Å²) >= 11 is 0. The van der Waals surface area contributed by atoms with Gasteiger partial charge in [0.1, 0.15) is 17.7 Å². The van der Waals surface area contributed by atoms with Gasteiger partial charge in [0.25, 0.3) is 0 Å². The number of piperidine rings is 1. The molecule has 0 bridgehead atoms. The topological polar surface area (TPSA) is 87.7 Å². The lowest BCUT2D eigenvalue weighted by atomic mass is 9.99. The minimum Gasteiger partial charge on any atom is -0.490 e. The van der Waals surface area contributed by atoms with Crippen molar-refractivity contribution in [1.82, 2.24) is 15.1 Å². The molecule has 2 saturated heterocycles. The van der Waals surface area contributed by atoms with E-state index in [0.717, 1.165) is 30.1 Å². The van der Waals surface area contributed by atoms with E-state index < -0.39 is 0 Å². The van der Waals surface area contributed by atoms with Crippen LogP contribution in [-0.2, 0) is 16.0 Å². The Bertz CT molecular complexity index is 1190. The molecule has 186 valence electrons. The van der Waals surface area contributed by atoms with Crippen molar-refractivity contribution in [2.24, 2.45) is 5.92 Å². The lowest BCUT2D eigenvalue weighted by molar-refractivity contribution is -0.132. The maximum absolute atomic E-state index is 13.4. The molecule has 0 saturated carbocycles. The number of benzene rings is 2. The zero-order valence-corrected chi connectivity index (χ0v) is 19.8. The van der Waals surface area contributed by atoms with E-state index in [2.05, 4.69) is 15.5 Å². The van der Waals surface area contributed by atoms with Gasteiger partial charge in [0.05, 0.1) is 12.3 Å². The Hall–Kier alpha value is -4.01. The van der Waals surface area contributed by atoms with Gasteiger partial charge in [0.2, 0.25) is 11.8 Å². The fraction of sp³-hybridized carbons (Fsp3) is 0.333.